The molecule has 0 aliphatic rings. The normalized spacial score (nSPS) is 10.8. The molecule has 0 fully saturated rings. The van der Waals surface area contributed by atoms with Crippen molar-refractivity contribution in [3.8, 4) is 0 Å². The van der Waals surface area contributed by atoms with Crippen molar-refractivity contribution in [2.75, 3.05) is 0 Å². The number of aromatic nitrogens is 2. The Morgan fingerprint density at radius 1 is 1.19 bits per heavy atom. The summed E-state index contributed by atoms with van der Waals surface area (Å²) in [4.78, 5) is 16.5. The van der Waals surface area contributed by atoms with E-state index in [4.69, 9.17) is 11.6 Å². The number of nitrogens with zero attached hydrogens (tertiary/aromatic N) is 2. The summed E-state index contributed by atoms with van der Waals surface area (Å²) in [6, 6.07) is 11.1. The second-order valence-corrected chi connectivity index (χ2v) is 5.33. The van der Waals surface area contributed by atoms with Crippen LogP contribution in [0.2, 0.25) is 5.02 Å². The molecule has 1 N–H and O–H groups in total. The van der Waals surface area contributed by atoms with Crippen LogP contribution in [-0.4, -0.2) is 15.3 Å². The Kier molecular flexibility index (Phi) is 3.62. The summed E-state index contributed by atoms with van der Waals surface area (Å²) in [5, 5.41) is 3.51. The van der Waals surface area contributed by atoms with Crippen molar-refractivity contribution in [3.05, 3.63) is 70.6 Å². The van der Waals surface area contributed by atoms with Crippen LogP contribution in [0.25, 0.3) is 5.65 Å². The van der Waals surface area contributed by atoms with E-state index in [1.165, 1.54) is 0 Å². The first-order valence-electron chi connectivity index (χ1n) is 6.60. The summed E-state index contributed by atoms with van der Waals surface area (Å²) < 4.78 is 1.84. The van der Waals surface area contributed by atoms with Gasteiger partial charge in [0, 0.05) is 18.0 Å². The molecule has 3 aromatic rings. The van der Waals surface area contributed by atoms with Gasteiger partial charge in [0.2, 0.25) is 0 Å². The van der Waals surface area contributed by atoms with E-state index in [2.05, 4.69) is 10.3 Å². The number of rotatable bonds is 3. The predicted octanol–water partition coefficient (Wildman–Crippen LogP) is 3.23. The lowest BCUT2D eigenvalue weighted by atomic mass is 10.1. The molecule has 1 amide bonds. The van der Waals surface area contributed by atoms with E-state index in [0.717, 1.165) is 16.9 Å². The minimum Gasteiger partial charge on any atom is -0.346 e. The highest BCUT2D eigenvalue weighted by atomic mass is 35.5. The molecule has 21 heavy (non-hydrogen) atoms. The van der Waals surface area contributed by atoms with Crippen LogP contribution in [0.4, 0.5) is 0 Å². The number of amides is 1. The number of imidazole rings is 1. The third-order valence-electron chi connectivity index (χ3n) is 3.21. The maximum atomic E-state index is 12.0. The zero-order valence-corrected chi connectivity index (χ0v) is 12.3. The van der Waals surface area contributed by atoms with E-state index in [9.17, 15) is 4.79 Å². The van der Waals surface area contributed by atoms with Crippen molar-refractivity contribution in [2.24, 2.45) is 0 Å². The van der Waals surface area contributed by atoms with Gasteiger partial charge in [0.1, 0.15) is 5.65 Å². The number of halogens is 1. The van der Waals surface area contributed by atoms with Gasteiger partial charge in [-0.1, -0.05) is 29.3 Å². The number of aryl methyl sites for hydroxylation is 1. The van der Waals surface area contributed by atoms with Crippen LogP contribution in [0.5, 0.6) is 0 Å². The second-order valence-electron chi connectivity index (χ2n) is 4.89. The van der Waals surface area contributed by atoms with Gasteiger partial charge < -0.3 is 9.72 Å². The highest BCUT2D eigenvalue weighted by molar-refractivity contribution is 6.30. The first-order valence-corrected chi connectivity index (χ1v) is 6.97. The molecule has 0 bridgehead atoms. The largest absolute Gasteiger partial charge is 0.346 e. The number of fused-ring (bicyclic) bond motifs is 1. The van der Waals surface area contributed by atoms with Gasteiger partial charge in [0.25, 0.3) is 5.91 Å². The Balaban J connectivity index is 1.71. The molecule has 3 rings (SSSR count). The summed E-state index contributed by atoms with van der Waals surface area (Å²) in [6.07, 6.45) is 3.64. The van der Waals surface area contributed by atoms with Gasteiger partial charge in [-0.25, -0.2) is 4.98 Å². The second kappa shape index (κ2) is 5.58. The highest BCUT2D eigenvalue weighted by Crippen LogP contribution is 2.12. The van der Waals surface area contributed by atoms with E-state index in [0.29, 0.717) is 17.1 Å². The van der Waals surface area contributed by atoms with Gasteiger partial charge in [-0.05, 0) is 31.2 Å². The molecule has 1 aromatic carbocycles. The van der Waals surface area contributed by atoms with Gasteiger partial charge in [0.05, 0.1) is 17.3 Å². The average Bonchev–Trinajstić information content (AvgIpc) is 2.87. The Morgan fingerprint density at radius 2 is 1.95 bits per heavy atom. The van der Waals surface area contributed by atoms with Crippen molar-refractivity contribution in [2.45, 2.75) is 13.5 Å². The van der Waals surface area contributed by atoms with Crippen LogP contribution in [0.1, 0.15) is 21.6 Å². The van der Waals surface area contributed by atoms with Crippen LogP contribution in [0.15, 0.2) is 48.8 Å². The zero-order valence-electron chi connectivity index (χ0n) is 11.5. The lowest BCUT2D eigenvalue weighted by Gasteiger charge is -2.03. The fourth-order valence-electron chi connectivity index (χ4n) is 2.08. The first kappa shape index (κ1) is 13.6. The molecule has 0 atom stereocenters. The minimum absolute atomic E-state index is 0.106. The molecule has 4 nitrogen and oxygen atoms in total. The van der Waals surface area contributed by atoms with Crippen molar-refractivity contribution < 1.29 is 4.79 Å². The molecule has 0 spiro atoms. The molecule has 0 unspecified atom stereocenters. The molecule has 5 heteroatoms. The van der Waals surface area contributed by atoms with E-state index in [1.807, 2.05) is 47.9 Å². The van der Waals surface area contributed by atoms with E-state index in [-0.39, 0.29) is 5.91 Å². The van der Waals surface area contributed by atoms with Gasteiger partial charge in [-0.3, -0.25) is 4.79 Å². The molecular weight excluding hydrogens is 286 g/mol. The van der Waals surface area contributed by atoms with E-state index >= 15 is 0 Å². The molecule has 2 aromatic heterocycles. The Bertz CT molecular complexity index is 793. The summed E-state index contributed by atoms with van der Waals surface area (Å²) in [5.41, 5.74) is 3.37. The highest BCUT2D eigenvalue weighted by Gasteiger charge is 2.07. The molecule has 0 saturated carbocycles. The Labute approximate surface area is 127 Å². The molecule has 0 saturated heterocycles. The number of nitrogens with one attached hydrogen (secondary N) is 1. The van der Waals surface area contributed by atoms with Crippen LogP contribution in [-0.2, 0) is 6.54 Å². The minimum atomic E-state index is -0.106. The first-order chi connectivity index (χ1) is 10.1. The smallest absolute Gasteiger partial charge is 0.251 e. The fraction of sp³-hybridized carbons (Fsp3) is 0.125. The summed E-state index contributed by atoms with van der Waals surface area (Å²) >= 11 is 5.93. The quantitative estimate of drug-likeness (QED) is 0.807. The van der Waals surface area contributed by atoms with Crippen molar-refractivity contribution in [1.82, 2.24) is 14.7 Å². The van der Waals surface area contributed by atoms with Crippen molar-refractivity contribution in [3.63, 3.8) is 0 Å². The maximum absolute atomic E-state index is 12.0. The van der Waals surface area contributed by atoms with Crippen LogP contribution >= 0.6 is 11.6 Å². The third kappa shape index (κ3) is 3.06. The van der Waals surface area contributed by atoms with Gasteiger partial charge >= 0.3 is 0 Å². The third-order valence-corrected chi connectivity index (χ3v) is 3.43. The van der Waals surface area contributed by atoms with Crippen LogP contribution < -0.4 is 5.32 Å². The molecule has 0 radical (unpaired) electrons. The standard InChI is InChI=1S/C16H14ClN3O/c1-11-2-4-12(5-3-11)16(21)18-8-14-10-20-9-13(17)6-7-15(20)19-14/h2-7,9-10H,8H2,1H3,(H,18,21). The lowest BCUT2D eigenvalue weighted by Crippen LogP contribution is -2.22. The number of pyridine rings is 1. The fourth-order valence-corrected chi connectivity index (χ4v) is 2.25. The van der Waals surface area contributed by atoms with Gasteiger partial charge in [-0.15, -0.1) is 0 Å². The monoisotopic (exact) mass is 299 g/mol. The van der Waals surface area contributed by atoms with E-state index in [1.54, 1.807) is 12.3 Å². The Morgan fingerprint density at radius 3 is 2.71 bits per heavy atom. The molecule has 106 valence electrons. The SMILES string of the molecule is Cc1ccc(C(=O)NCc2cn3cc(Cl)ccc3n2)cc1. The van der Waals surface area contributed by atoms with E-state index < -0.39 is 0 Å². The number of carbonyl (C=O) groups is 1. The van der Waals surface area contributed by atoms with Crippen LogP contribution in [0, 0.1) is 6.92 Å². The zero-order chi connectivity index (χ0) is 14.8. The van der Waals surface area contributed by atoms with Crippen molar-refractivity contribution in [1.29, 1.82) is 0 Å². The summed E-state index contributed by atoms with van der Waals surface area (Å²) in [6.45, 7) is 2.37. The summed E-state index contributed by atoms with van der Waals surface area (Å²) in [5.74, 6) is -0.106. The molecule has 2 heterocycles. The number of carbonyl (C=O) groups excluding carboxylic acids is 1. The van der Waals surface area contributed by atoms with Gasteiger partial charge in [-0.2, -0.15) is 0 Å². The van der Waals surface area contributed by atoms with Gasteiger partial charge in [0.15, 0.2) is 0 Å². The topological polar surface area (TPSA) is 46.4 Å². The van der Waals surface area contributed by atoms with Crippen molar-refractivity contribution >= 4 is 23.2 Å². The number of hydrogen-bond donors (Lipinski definition) is 1. The predicted molar refractivity (Wildman–Crippen MR) is 82.6 cm³/mol. The Hall–Kier alpha value is -2.33. The molecule has 0 aliphatic heterocycles. The van der Waals surface area contributed by atoms with Crippen LogP contribution in [0.3, 0.4) is 0 Å². The summed E-state index contributed by atoms with van der Waals surface area (Å²) in [7, 11) is 0. The molecule has 0 aliphatic carbocycles. The average molecular weight is 300 g/mol. The number of hydrogen-bond acceptors (Lipinski definition) is 2. The molecular formula is C16H14ClN3O. The number of benzene rings is 1. The maximum Gasteiger partial charge on any atom is 0.251 e. The lowest BCUT2D eigenvalue weighted by molar-refractivity contribution is 0.0950.